The number of nitrogens with zero attached hydrogens (tertiary/aromatic N) is 2. The Kier molecular flexibility index (Phi) is 6.14. The first-order valence-electron chi connectivity index (χ1n) is 8.50. The number of rotatable bonds is 7. The number of nitrogens with one attached hydrogen (secondary N) is 1. The molecule has 0 aliphatic heterocycles. The molecule has 0 saturated carbocycles. The maximum absolute atomic E-state index is 12.7. The lowest BCUT2D eigenvalue weighted by Crippen LogP contribution is -2.30. The fourth-order valence-corrected chi connectivity index (χ4v) is 5.67. The van der Waals surface area contributed by atoms with Crippen molar-refractivity contribution in [1.82, 2.24) is 9.29 Å². The van der Waals surface area contributed by atoms with Crippen molar-refractivity contribution in [3.8, 4) is 15.6 Å². The Labute approximate surface area is 171 Å². The molecule has 0 aliphatic carbocycles. The van der Waals surface area contributed by atoms with Crippen LogP contribution in [-0.2, 0) is 10.0 Å². The Balaban J connectivity index is 1.85. The van der Waals surface area contributed by atoms with Crippen LogP contribution < -0.4 is 5.32 Å². The smallest absolute Gasteiger partial charge is 0.275 e. The van der Waals surface area contributed by atoms with Crippen LogP contribution in [0.15, 0.2) is 46.0 Å². The SMILES string of the molecule is CCN(CC)S(=O)(=O)c1ccc(O)c(NC(=O)c2csc(-c3cccs3)n2)c1. The predicted molar refractivity (Wildman–Crippen MR) is 112 cm³/mol. The zero-order valence-corrected chi connectivity index (χ0v) is 17.7. The number of aromatic hydroxyl groups is 1. The Morgan fingerprint density at radius 3 is 2.61 bits per heavy atom. The minimum absolute atomic E-state index is 0.00172. The van der Waals surface area contributed by atoms with Crippen LogP contribution >= 0.6 is 22.7 Å². The van der Waals surface area contributed by atoms with Gasteiger partial charge in [-0.2, -0.15) is 4.31 Å². The van der Waals surface area contributed by atoms with Crippen molar-refractivity contribution in [3.05, 3.63) is 46.8 Å². The molecule has 2 heterocycles. The van der Waals surface area contributed by atoms with Gasteiger partial charge in [0, 0.05) is 18.5 Å². The highest BCUT2D eigenvalue weighted by atomic mass is 32.2. The number of benzene rings is 1. The molecule has 0 fully saturated rings. The van der Waals surface area contributed by atoms with Crippen LogP contribution in [0.1, 0.15) is 24.3 Å². The average molecular weight is 438 g/mol. The summed E-state index contributed by atoms with van der Waals surface area (Å²) in [6.45, 7) is 4.15. The lowest BCUT2D eigenvalue weighted by atomic mass is 10.3. The monoisotopic (exact) mass is 437 g/mol. The number of thiazole rings is 1. The molecular weight excluding hydrogens is 418 g/mol. The topological polar surface area (TPSA) is 99.6 Å². The van der Waals surface area contributed by atoms with Crippen molar-refractivity contribution in [1.29, 1.82) is 0 Å². The van der Waals surface area contributed by atoms with Crippen molar-refractivity contribution >= 4 is 44.3 Å². The van der Waals surface area contributed by atoms with Crippen molar-refractivity contribution in [2.45, 2.75) is 18.7 Å². The second-order valence-corrected chi connectivity index (χ2v) is 9.48. The lowest BCUT2D eigenvalue weighted by molar-refractivity contribution is 0.102. The van der Waals surface area contributed by atoms with Crippen molar-refractivity contribution in [2.24, 2.45) is 0 Å². The van der Waals surface area contributed by atoms with Crippen molar-refractivity contribution < 1.29 is 18.3 Å². The molecule has 0 saturated heterocycles. The van der Waals surface area contributed by atoms with Gasteiger partial charge in [-0.1, -0.05) is 19.9 Å². The van der Waals surface area contributed by atoms with Crippen LogP contribution in [0.5, 0.6) is 5.75 Å². The van der Waals surface area contributed by atoms with E-state index in [0.29, 0.717) is 13.1 Å². The van der Waals surface area contributed by atoms with Gasteiger partial charge in [-0.15, -0.1) is 22.7 Å². The number of carbonyl (C=O) groups excluding carboxylic acids is 1. The Hall–Kier alpha value is -2.27. The van der Waals surface area contributed by atoms with Gasteiger partial charge in [0.15, 0.2) is 0 Å². The van der Waals surface area contributed by atoms with E-state index < -0.39 is 15.9 Å². The molecule has 3 aromatic rings. The van der Waals surface area contributed by atoms with E-state index in [1.54, 1.807) is 19.2 Å². The van der Waals surface area contributed by atoms with Gasteiger partial charge >= 0.3 is 0 Å². The highest BCUT2D eigenvalue weighted by Gasteiger charge is 2.23. The highest BCUT2D eigenvalue weighted by molar-refractivity contribution is 7.89. The normalized spacial score (nSPS) is 11.7. The van der Waals surface area contributed by atoms with Crippen LogP contribution in [-0.4, -0.2) is 41.8 Å². The number of aromatic nitrogens is 1. The Morgan fingerprint density at radius 1 is 1.21 bits per heavy atom. The quantitative estimate of drug-likeness (QED) is 0.547. The minimum Gasteiger partial charge on any atom is -0.506 e. The van der Waals surface area contributed by atoms with Gasteiger partial charge in [0.05, 0.1) is 15.5 Å². The molecule has 0 atom stereocenters. The number of sulfonamides is 1. The summed E-state index contributed by atoms with van der Waals surface area (Å²) < 4.78 is 26.6. The molecule has 2 N–H and O–H groups in total. The summed E-state index contributed by atoms with van der Waals surface area (Å²) in [7, 11) is -3.71. The molecule has 2 aromatic heterocycles. The molecule has 1 amide bonds. The molecule has 0 radical (unpaired) electrons. The molecule has 148 valence electrons. The molecule has 0 bridgehead atoms. The first-order chi connectivity index (χ1) is 13.4. The molecule has 0 spiro atoms. The molecule has 7 nitrogen and oxygen atoms in total. The highest BCUT2D eigenvalue weighted by Crippen LogP contribution is 2.30. The van der Waals surface area contributed by atoms with E-state index in [1.807, 2.05) is 17.5 Å². The number of phenols is 1. The molecule has 3 rings (SSSR count). The first kappa shape index (κ1) is 20.5. The number of phenolic OH excluding ortho intramolecular Hbond substituents is 1. The van der Waals surface area contributed by atoms with E-state index in [1.165, 1.54) is 45.2 Å². The summed E-state index contributed by atoms with van der Waals surface area (Å²) in [5.41, 5.74) is 0.216. The largest absolute Gasteiger partial charge is 0.506 e. The third-order valence-corrected chi connectivity index (χ3v) is 7.96. The van der Waals surface area contributed by atoms with Crippen LogP contribution in [0.2, 0.25) is 0 Å². The summed E-state index contributed by atoms with van der Waals surface area (Å²) in [6.07, 6.45) is 0. The summed E-state index contributed by atoms with van der Waals surface area (Å²) in [6, 6.07) is 7.65. The lowest BCUT2D eigenvalue weighted by Gasteiger charge is -2.19. The molecule has 10 heteroatoms. The Morgan fingerprint density at radius 2 is 1.96 bits per heavy atom. The van der Waals surface area contributed by atoms with E-state index in [9.17, 15) is 18.3 Å². The van der Waals surface area contributed by atoms with Crippen molar-refractivity contribution in [3.63, 3.8) is 0 Å². The number of hydrogen-bond donors (Lipinski definition) is 2. The number of anilines is 1. The van der Waals surface area contributed by atoms with Gasteiger partial charge in [0.25, 0.3) is 5.91 Å². The van der Waals surface area contributed by atoms with Crippen LogP contribution in [0.4, 0.5) is 5.69 Å². The number of amides is 1. The van der Waals surface area contributed by atoms with Gasteiger partial charge in [0.1, 0.15) is 16.5 Å². The molecule has 0 aliphatic rings. The predicted octanol–water partition coefficient (Wildman–Crippen LogP) is 3.86. The molecule has 1 aromatic carbocycles. The van der Waals surface area contributed by atoms with Crippen molar-refractivity contribution in [2.75, 3.05) is 18.4 Å². The van der Waals surface area contributed by atoms with E-state index >= 15 is 0 Å². The standard InChI is InChI=1S/C18H19N3O4S3/c1-3-21(4-2)28(24,25)12-7-8-15(22)13(10-12)19-17(23)14-11-27-18(20-14)16-6-5-9-26-16/h5-11,22H,3-4H2,1-2H3,(H,19,23). The van der Waals surface area contributed by atoms with E-state index in [4.69, 9.17) is 0 Å². The maximum atomic E-state index is 12.7. The van der Waals surface area contributed by atoms with E-state index in [-0.39, 0.29) is 22.0 Å². The van der Waals surface area contributed by atoms with Gasteiger partial charge in [-0.3, -0.25) is 4.79 Å². The van der Waals surface area contributed by atoms with Crippen LogP contribution in [0.3, 0.4) is 0 Å². The number of thiophene rings is 1. The summed E-state index contributed by atoms with van der Waals surface area (Å²) in [5, 5.41) is 16.9. The average Bonchev–Trinajstić information content (AvgIpc) is 3.35. The summed E-state index contributed by atoms with van der Waals surface area (Å²) >= 11 is 2.86. The summed E-state index contributed by atoms with van der Waals surface area (Å²) in [4.78, 5) is 17.8. The third-order valence-electron chi connectivity index (χ3n) is 4.03. The molecule has 0 unspecified atom stereocenters. The fraction of sp³-hybridized carbons (Fsp3) is 0.222. The second-order valence-electron chi connectivity index (χ2n) is 5.74. The second kappa shape index (κ2) is 8.39. The van der Waals surface area contributed by atoms with E-state index in [0.717, 1.165) is 9.88 Å². The summed E-state index contributed by atoms with van der Waals surface area (Å²) in [5.74, 6) is -0.743. The zero-order valence-electron chi connectivity index (χ0n) is 15.2. The fourth-order valence-electron chi connectivity index (χ4n) is 2.57. The van der Waals surface area contributed by atoms with Crippen LogP contribution in [0.25, 0.3) is 9.88 Å². The van der Waals surface area contributed by atoms with Gasteiger partial charge in [-0.25, -0.2) is 13.4 Å². The number of hydrogen-bond acceptors (Lipinski definition) is 7. The first-order valence-corrected chi connectivity index (χ1v) is 11.7. The van der Waals surface area contributed by atoms with Gasteiger partial charge in [-0.05, 0) is 29.6 Å². The molecular formula is C18H19N3O4S3. The van der Waals surface area contributed by atoms with Gasteiger partial charge in [0.2, 0.25) is 10.0 Å². The molecule has 28 heavy (non-hydrogen) atoms. The maximum Gasteiger partial charge on any atom is 0.275 e. The number of carbonyl (C=O) groups is 1. The Bertz CT molecular complexity index is 1070. The third kappa shape index (κ3) is 4.09. The minimum atomic E-state index is -3.71. The zero-order chi connectivity index (χ0) is 20.3. The van der Waals surface area contributed by atoms with E-state index in [2.05, 4.69) is 10.3 Å². The van der Waals surface area contributed by atoms with Crippen LogP contribution in [0, 0.1) is 0 Å². The van der Waals surface area contributed by atoms with Gasteiger partial charge < -0.3 is 10.4 Å².